The molecule has 0 aromatic heterocycles. The van der Waals surface area contributed by atoms with E-state index in [2.05, 4.69) is 12.2 Å². The number of rotatable bonds is 3. The molecule has 0 heteroatoms. The van der Waals surface area contributed by atoms with E-state index in [1.807, 2.05) is 5.92 Å². The summed E-state index contributed by atoms with van der Waals surface area (Å²) in [5.74, 6) is 2.89. The molecule has 1 saturated carbocycles. The van der Waals surface area contributed by atoms with Crippen LogP contribution in [0.1, 0.15) is 64.2 Å². The molecule has 0 aromatic rings. The van der Waals surface area contributed by atoms with Crippen LogP contribution >= 0.6 is 0 Å². The highest BCUT2D eigenvalue weighted by Gasteiger charge is 2.16. The molecule has 0 heterocycles. The van der Waals surface area contributed by atoms with E-state index in [1.54, 1.807) is 0 Å². The van der Waals surface area contributed by atoms with Gasteiger partial charge in [-0.3, -0.25) is 0 Å². The van der Waals surface area contributed by atoms with Gasteiger partial charge in [-0.05, 0) is 43.9 Å². The molecule has 0 atom stereocenters. The van der Waals surface area contributed by atoms with E-state index >= 15 is 0 Å². The highest BCUT2D eigenvalue weighted by molar-refractivity contribution is 5.04. The molecule has 0 bridgehead atoms. The molecule has 79 valence electrons. The molecule has 0 N–H and O–H groups in total. The van der Waals surface area contributed by atoms with E-state index in [1.165, 1.54) is 64.2 Å². The predicted molar refractivity (Wildman–Crippen MR) is 62.0 cm³/mol. The van der Waals surface area contributed by atoms with E-state index in [4.69, 9.17) is 0 Å². The minimum atomic E-state index is 1.07. The Kier molecular flexibility index (Phi) is 4.09. The first kappa shape index (κ1) is 10.3. The van der Waals surface area contributed by atoms with Crippen molar-refractivity contribution in [3.63, 3.8) is 0 Å². The van der Waals surface area contributed by atoms with E-state index in [0.717, 1.165) is 5.92 Å². The third-order valence-corrected chi connectivity index (χ3v) is 3.87. The van der Waals surface area contributed by atoms with Gasteiger partial charge in [-0.1, -0.05) is 44.3 Å². The maximum Gasteiger partial charge on any atom is -0.0200 e. The van der Waals surface area contributed by atoms with Gasteiger partial charge in [-0.25, -0.2) is 0 Å². The Balaban J connectivity index is 1.63. The fourth-order valence-electron chi connectivity index (χ4n) is 2.87. The van der Waals surface area contributed by atoms with Crippen molar-refractivity contribution in [1.29, 1.82) is 0 Å². The zero-order valence-corrected chi connectivity index (χ0v) is 9.30. The first-order chi connectivity index (χ1) is 6.95. The fraction of sp³-hybridized carbons (Fsp3) is 0.786. The summed E-state index contributed by atoms with van der Waals surface area (Å²) in [4.78, 5) is 0. The maximum absolute atomic E-state index is 2.36. The molecule has 2 aliphatic carbocycles. The van der Waals surface area contributed by atoms with Crippen LogP contribution in [0.4, 0.5) is 0 Å². The van der Waals surface area contributed by atoms with Crippen molar-refractivity contribution in [3.05, 3.63) is 18.1 Å². The van der Waals surface area contributed by atoms with E-state index < -0.39 is 0 Å². The number of allylic oxidation sites excluding steroid dienone is 2. The average molecular weight is 191 g/mol. The molecule has 0 spiro atoms. The van der Waals surface area contributed by atoms with Gasteiger partial charge >= 0.3 is 0 Å². The molecule has 2 aliphatic rings. The Hall–Kier alpha value is -0.260. The van der Waals surface area contributed by atoms with E-state index in [-0.39, 0.29) is 0 Å². The van der Waals surface area contributed by atoms with Gasteiger partial charge in [-0.2, -0.15) is 0 Å². The zero-order valence-electron chi connectivity index (χ0n) is 9.30. The van der Waals surface area contributed by atoms with Gasteiger partial charge in [0.15, 0.2) is 0 Å². The van der Waals surface area contributed by atoms with Crippen molar-refractivity contribution in [2.75, 3.05) is 0 Å². The van der Waals surface area contributed by atoms with Crippen molar-refractivity contribution in [2.24, 2.45) is 5.92 Å². The molecular weight excluding hydrogens is 168 g/mol. The Morgan fingerprint density at radius 1 is 1.07 bits per heavy atom. The molecule has 0 aliphatic heterocycles. The first-order valence-electron chi connectivity index (χ1n) is 6.44. The van der Waals surface area contributed by atoms with Gasteiger partial charge in [0.25, 0.3) is 0 Å². The van der Waals surface area contributed by atoms with Crippen LogP contribution in [-0.2, 0) is 0 Å². The van der Waals surface area contributed by atoms with Crippen LogP contribution in [0.3, 0.4) is 0 Å². The predicted octanol–water partition coefficient (Wildman–Crippen LogP) is 4.66. The quantitative estimate of drug-likeness (QED) is 0.569. The van der Waals surface area contributed by atoms with Gasteiger partial charge in [0.2, 0.25) is 0 Å². The highest BCUT2D eigenvalue weighted by atomic mass is 14.2. The van der Waals surface area contributed by atoms with E-state index in [9.17, 15) is 0 Å². The Labute approximate surface area is 88.8 Å². The second-order valence-corrected chi connectivity index (χ2v) is 5.01. The number of hydrogen-bond donors (Lipinski definition) is 0. The van der Waals surface area contributed by atoms with Gasteiger partial charge in [0.05, 0.1) is 0 Å². The van der Waals surface area contributed by atoms with Gasteiger partial charge in [0, 0.05) is 0 Å². The molecule has 1 radical (unpaired) electrons. The summed E-state index contributed by atoms with van der Waals surface area (Å²) in [7, 11) is 0. The minimum absolute atomic E-state index is 1.07. The van der Waals surface area contributed by atoms with Crippen LogP contribution in [0.15, 0.2) is 12.2 Å². The van der Waals surface area contributed by atoms with Gasteiger partial charge in [-0.15, -0.1) is 0 Å². The van der Waals surface area contributed by atoms with Crippen LogP contribution in [0.5, 0.6) is 0 Å². The van der Waals surface area contributed by atoms with Crippen LogP contribution in [0.2, 0.25) is 0 Å². The lowest BCUT2D eigenvalue weighted by Gasteiger charge is -2.24. The van der Waals surface area contributed by atoms with Crippen molar-refractivity contribution in [3.8, 4) is 0 Å². The third-order valence-electron chi connectivity index (χ3n) is 3.87. The van der Waals surface area contributed by atoms with Crippen LogP contribution in [0, 0.1) is 11.8 Å². The van der Waals surface area contributed by atoms with Crippen molar-refractivity contribution in [2.45, 2.75) is 64.2 Å². The second-order valence-electron chi connectivity index (χ2n) is 5.01. The molecule has 0 amide bonds. The summed E-state index contributed by atoms with van der Waals surface area (Å²) in [6.45, 7) is 0. The SMILES string of the molecule is C1=CC[C](CCC2CCCCC2)CC1. The summed E-state index contributed by atoms with van der Waals surface area (Å²) in [6.07, 6.45) is 19.1. The lowest BCUT2D eigenvalue weighted by Crippen LogP contribution is -2.09. The Morgan fingerprint density at radius 3 is 2.64 bits per heavy atom. The largest absolute Gasteiger partial charge is 0.0885 e. The normalized spacial score (nSPS) is 25.4. The summed E-state index contributed by atoms with van der Waals surface area (Å²) in [5, 5.41) is 0. The maximum atomic E-state index is 2.36. The molecule has 1 fully saturated rings. The molecule has 14 heavy (non-hydrogen) atoms. The second kappa shape index (κ2) is 5.58. The summed E-state index contributed by atoms with van der Waals surface area (Å²) in [5.41, 5.74) is 0. The van der Waals surface area contributed by atoms with Gasteiger partial charge in [0.1, 0.15) is 0 Å². The topological polar surface area (TPSA) is 0 Å². The standard InChI is InChI=1S/C14H23/c1-3-7-13(8-4-1)11-12-14-9-5-2-6-10-14/h1,3,14H,2,4-12H2. The summed E-state index contributed by atoms with van der Waals surface area (Å²) in [6, 6.07) is 0. The smallest absolute Gasteiger partial charge is 0.0200 e. The van der Waals surface area contributed by atoms with Crippen LogP contribution in [-0.4, -0.2) is 0 Å². The Bertz CT molecular complexity index is 174. The molecule has 0 unspecified atom stereocenters. The molecule has 2 rings (SSSR count). The van der Waals surface area contributed by atoms with Crippen molar-refractivity contribution in [1.82, 2.24) is 0 Å². The van der Waals surface area contributed by atoms with Crippen LogP contribution < -0.4 is 0 Å². The van der Waals surface area contributed by atoms with Crippen LogP contribution in [0.25, 0.3) is 0 Å². The lowest BCUT2D eigenvalue weighted by atomic mass is 9.82. The van der Waals surface area contributed by atoms with Crippen molar-refractivity contribution < 1.29 is 0 Å². The van der Waals surface area contributed by atoms with Crippen molar-refractivity contribution >= 4 is 0 Å². The van der Waals surface area contributed by atoms with E-state index in [0.29, 0.717) is 0 Å². The lowest BCUT2D eigenvalue weighted by molar-refractivity contribution is 0.331. The molecule has 0 nitrogen and oxygen atoms in total. The number of hydrogen-bond acceptors (Lipinski definition) is 0. The summed E-state index contributed by atoms with van der Waals surface area (Å²) < 4.78 is 0. The monoisotopic (exact) mass is 191 g/mol. The van der Waals surface area contributed by atoms with Gasteiger partial charge < -0.3 is 0 Å². The minimum Gasteiger partial charge on any atom is -0.0885 e. The fourth-order valence-corrected chi connectivity index (χ4v) is 2.87. The third kappa shape index (κ3) is 3.15. The molecule has 0 aromatic carbocycles. The molecule has 0 saturated heterocycles. The zero-order chi connectivity index (χ0) is 9.64. The first-order valence-corrected chi connectivity index (χ1v) is 6.44. The molecular formula is C14H23. The average Bonchev–Trinajstić information content (AvgIpc) is 2.29. The Morgan fingerprint density at radius 2 is 1.93 bits per heavy atom. The highest BCUT2D eigenvalue weighted by Crippen LogP contribution is 2.32. The summed E-state index contributed by atoms with van der Waals surface area (Å²) >= 11 is 0.